The monoisotopic (exact) mass is 271 g/mol. The van der Waals surface area contributed by atoms with Crippen LogP contribution >= 0.6 is 11.3 Å². The second-order valence-electron chi connectivity index (χ2n) is 4.38. The number of nitriles is 1. The molecular formula is C14H13N3OS. The first-order valence-corrected chi connectivity index (χ1v) is 6.75. The number of amides is 1. The number of rotatable bonds is 3. The Labute approximate surface area is 115 Å². The predicted molar refractivity (Wildman–Crippen MR) is 75.3 cm³/mol. The zero-order chi connectivity index (χ0) is 13.8. The summed E-state index contributed by atoms with van der Waals surface area (Å²) in [6.07, 6.45) is 0. The third-order valence-electron chi connectivity index (χ3n) is 2.59. The summed E-state index contributed by atoms with van der Waals surface area (Å²) < 4.78 is 0. The fraction of sp³-hybridized carbons (Fsp3) is 0.214. The number of carbonyl (C=O) groups excluding carboxylic acids is 1. The largest absolute Gasteiger partial charge is 0.298 e. The number of aromatic nitrogens is 1. The number of hydrogen-bond acceptors (Lipinski definition) is 4. The van der Waals surface area contributed by atoms with Gasteiger partial charge in [-0.2, -0.15) is 5.26 Å². The summed E-state index contributed by atoms with van der Waals surface area (Å²) in [5.41, 5.74) is 1.89. The molecule has 0 unspecified atom stereocenters. The van der Waals surface area contributed by atoms with Gasteiger partial charge in [0, 0.05) is 10.9 Å². The van der Waals surface area contributed by atoms with Gasteiger partial charge in [0.15, 0.2) is 5.13 Å². The maximum absolute atomic E-state index is 12.0. The van der Waals surface area contributed by atoms with Crippen molar-refractivity contribution in [2.24, 2.45) is 0 Å². The van der Waals surface area contributed by atoms with E-state index in [0.29, 0.717) is 22.2 Å². The Hall–Kier alpha value is -2.19. The van der Waals surface area contributed by atoms with E-state index in [1.807, 2.05) is 11.4 Å². The van der Waals surface area contributed by atoms with E-state index in [1.54, 1.807) is 24.3 Å². The van der Waals surface area contributed by atoms with E-state index in [0.717, 1.165) is 5.69 Å². The molecule has 0 spiro atoms. The molecule has 19 heavy (non-hydrogen) atoms. The zero-order valence-electron chi connectivity index (χ0n) is 10.7. The van der Waals surface area contributed by atoms with Crippen LogP contribution < -0.4 is 5.32 Å². The van der Waals surface area contributed by atoms with Crippen LogP contribution in [0.4, 0.5) is 5.13 Å². The average molecular weight is 271 g/mol. The Balaban J connectivity index is 2.14. The van der Waals surface area contributed by atoms with Crippen LogP contribution in [0.5, 0.6) is 0 Å². The quantitative estimate of drug-likeness (QED) is 0.930. The Morgan fingerprint density at radius 2 is 2.26 bits per heavy atom. The minimum absolute atomic E-state index is 0.248. The standard InChI is InChI=1S/C14H13N3OS/c1-9(2)12-8-19-14(16-12)17-13(18)11-5-3-4-10(6-11)7-15/h3-6,8-9H,1-2H3,(H,16,17,18). The maximum atomic E-state index is 12.0. The molecule has 1 heterocycles. The number of anilines is 1. The molecule has 4 nitrogen and oxygen atoms in total. The lowest BCUT2D eigenvalue weighted by Gasteiger charge is -2.02. The Morgan fingerprint density at radius 3 is 2.89 bits per heavy atom. The highest BCUT2D eigenvalue weighted by Gasteiger charge is 2.10. The van der Waals surface area contributed by atoms with Gasteiger partial charge in [-0.25, -0.2) is 4.98 Å². The van der Waals surface area contributed by atoms with Crippen molar-refractivity contribution in [2.75, 3.05) is 5.32 Å². The summed E-state index contributed by atoms with van der Waals surface area (Å²) in [6, 6.07) is 8.60. The van der Waals surface area contributed by atoms with Gasteiger partial charge in [0.25, 0.3) is 5.91 Å². The molecule has 0 atom stereocenters. The van der Waals surface area contributed by atoms with E-state index in [4.69, 9.17) is 5.26 Å². The fourth-order valence-corrected chi connectivity index (χ4v) is 2.37. The zero-order valence-corrected chi connectivity index (χ0v) is 11.5. The van der Waals surface area contributed by atoms with Gasteiger partial charge < -0.3 is 0 Å². The predicted octanol–water partition coefficient (Wildman–Crippen LogP) is 3.39. The molecule has 0 aliphatic carbocycles. The fourth-order valence-electron chi connectivity index (χ4n) is 1.51. The van der Waals surface area contributed by atoms with Crippen LogP contribution in [0.15, 0.2) is 29.6 Å². The molecule has 0 aliphatic heterocycles. The van der Waals surface area contributed by atoms with Gasteiger partial charge in [-0.3, -0.25) is 10.1 Å². The molecule has 2 aromatic rings. The van der Waals surface area contributed by atoms with Crippen LogP contribution in [0.3, 0.4) is 0 Å². The van der Waals surface area contributed by atoms with Crippen LogP contribution in [0.2, 0.25) is 0 Å². The molecule has 2 rings (SSSR count). The van der Waals surface area contributed by atoms with Crippen LogP contribution in [0.25, 0.3) is 0 Å². The number of nitrogens with one attached hydrogen (secondary N) is 1. The van der Waals surface area contributed by atoms with Crippen LogP contribution in [-0.4, -0.2) is 10.9 Å². The molecule has 96 valence electrons. The van der Waals surface area contributed by atoms with E-state index in [-0.39, 0.29) is 5.91 Å². The molecular weight excluding hydrogens is 258 g/mol. The van der Waals surface area contributed by atoms with Crippen molar-refractivity contribution >= 4 is 22.4 Å². The second-order valence-corrected chi connectivity index (χ2v) is 5.24. The van der Waals surface area contributed by atoms with Crippen molar-refractivity contribution < 1.29 is 4.79 Å². The molecule has 0 saturated carbocycles. The van der Waals surface area contributed by atoms with Crippen molar-refractivity contribution in [2.45, 2.75) is 19.8 Å². The molecule has 1 N–H and O–H groups in total. The smallest absolute Gasteiger partial charge is 0.257 e. The third-order valence-corrected chi connectivity index (χ3v) is 3.36. The SMILES string of the molecule is CC(C)c1csc(NC(=O)c2cccc(C#N)c2)n1. The number of thiazole rings is 1. The van der Waals surface area contributed by atoms with Crippen molar-refractivity contribution in [3.05, 3.63) is 46.5 Å². The van der Waals surface area contributed by atoms with Crippen molar-refractivity contribution in [1.82, 2.24) is 4.98 Å². The van der Waals surface area contributed by atoms with Gasteiger partial charge in [-0.05, 0) is 24.1 Å². The lowest BCUT2D eigenvalue weighted by molar-refractivity contribution is 0.102. The van der Waals surface area contributed by atoms with E-state index in [1.165, 1.54) is 11.3 Å². The molecule has 5 heteroatoms. The Morgan fingerprint density at radius 1 is 1.47 bits per heavy atom. The lowest BCUT2D eigenvalue weighted by Crippen LogP contribution is -2.11. The highest BCUT2D eigenvalue weighted by atomic mass is 32.1. The molecule has 1 aromatic heterocycles. The number of carbonyl (C=O) groups is 1. The molecule has 0 aliphatic rings. The van der Waals surface area contributed by atoms with Crippen LogP contribution in [-0.2, 0) is 0 Å². The summed E-state index contributed by atoms with van der Waals surface area (Å²) in [7, 11) is 0. The van der Waals surface area contributed by atoms with E-state index < -0.39 is 0 Å². The summed E-state index contributed by atoms with van der Waals surface area (Å²) in [4.78, 5) is 16.3. The minimum Gasteiger partial charge on any atom is -0.298 e. The van der Waals surface area contributed by atoms with Crippen molar-refractivity contribution in [1.29, 1.82) is 5.26 Å². The minimum atomic E-state index is -0.248. The van der Waals surface area contributed by atoms with Gasteiger partial charge in [0.1, 0.15) is 0 Å². The molecule has 0 fully saturated rings. The van der Waals surface area contributed by atoms with E-state index in [9.17, 15) is 4.79 Å². The normalized spacial score (nSPS) is 10.2. The molecule has 0 radical (unpaired) electrons. The lowest BCUT2D eigenvalue weighted by atomic mass is 10.1. The Kier molecular flexibility index (Phi) is 3.93. The first-order chi connectivity index (χ1) is 9.10. The summed E-state index contributed by atoms with van der Waals surface area (Å²) in [5, 5.41) is 14.1. The summed E-state index contributed by atoms with van der Waals surface area (Å²) >= 11 is 1.40. The van der Waals surface area contributed by atoms with Crippen molar-refractivity contribution in [3.8, 4) is 6.07 Å². The van der Waals surface area contributed by atoms with Crippen LogP contribution in [0.1, 0.15) is 41.4 Å². The van der Waals surface area contributed by atoms with Crippen molar-refractivity contribution in [3.63, 3.8) is 0 Å². The number of benzene rings is 1. The summed E-state index contributed by atoms with van der Waals surface area (Å²) in [6.45, 7) is 4.11. The van der Waals surface area contributed by atoms with Gasteiger partial charge in [-0.1, -0.05) is 19.9 Å². The average Bonchev–Trinajstić information content (AvgIpc) is 2.87. The Bertz CT molecular complexity index is 640. The summed E-state index contributed by atoms with van der Waals surface area (Å²) in [5.74, 6) is 0.0885. The van der Waals surface area contributed by atoms with Gasteiger partial charge >= 0.3 is 0 Å². The number of nitrogens with zero attached hydrogens (tertiary/aromatic N) is 2. The van der Waals surface area contributed by atoms with E-state index in [2.05, 4.69) is 24.1 Å². The molecule has 1 amide bonds. The second kappa shape index (κ2) is 5.63. The van der Waals surface area contributed by atoms with Gasteiger partial charge in [-0.15, -0.1) is 11.3 Å². The maximum Gasteiger partial charge on any atom is 0.257 e. The first kappa shape index (κ1) is 13.2. The van der Waals surface area contributed by atoms with Gasteiger partial charge in [0.2, 0.25) is 0 Å². The first-order valence-electron chi connectivity index (χ1n) is 5.87. The molecule has 0 saturated heterocycles. The van der Waals surface area contributed by atoms with E-state index >= 15 is 0 Å². The molecule has 1 aromatic carbocycles. The molecule has 0 bridgehead atoms. The highest BCUT2D eigenvalue weighted by molar-refractivity contribution is 7.14. The topological polar surface area (TPSA) is 65.8 Å². The van der Waals surface area contributed by atoms with Gasteiger partial charge in [0.05, 0.1) is 17.3 Å². The highest BCUT2D eigenvalue weighted by Crippen LogP contribution is 2.22. The number of hydrogen-bond donors (Lipinski definition) is 1. The third kappa shape index (κ3) is 3.18. The van der Waals surface area contributed by atoms with Crippen LogP contribution in [0, 0.1) is 11.3 Å².